The van der Waals surface area contributed by atoms with Crippen LogP contribution in [0.25, 0.3) is 22.0 Å². The molecule has 0 aliphatic carbocycles. The van der Waals surface area contributed by atoms with E-state index in [9.17, 15) is 4.79 Å². The molecule has 0 aliphatic heterocycles. The van der Waals surface area contributed by atoms with Crippen molar-refractivity contribution in [3.8, 4) is 11.1 Å². The SMILES string of the molecule is Cc1nc2cc(-c3cccnc3)ccc2c(=O)[nH]1. The first-order valence-corrected chi connectivity index (χ1v) is 5.65. The Balaban J connectivity index is 2.26. The highest BCUT2D eigenvalue weighted by Crippen LogP contribution is 2.21. The van der Waals surface area contributed by atoms with E-state index in [1.54, 1.807) is 25.4 Å². The normalized spacial score (nSPS) is 10.7. The molecule has 0 aliphatic rings. The number of nitrogens with zero attached hydrogens (tertiary/aromatic N) is 2. The van der Waals surface area contributed by atoms with Crippen LogP contribution in [0.1, 0.15) is 5.82 Å². The van der Waals surface area contributed by atoms with Crippen LogP contribution in [0.15, 0.2) is 47.5 Å². The number of aryl methyl sites for hydroxylation is 1. The van der Waals surface area contributed by atoms with Crippen LogP contribution in [-0.4, -0.2) is 15.0 Å². The van der Waals surface area contributed by atoms with Crippen molar-refractivity contribution in [2.75, 3.05) is 0 Å². The van der Waals surface area contributed by atoms with Gasteiger partial charge < -0.3 is 4.98 Å². The fourth-order valence-electron chi connectivity index (χ4n) is 1.97. The van der Waals surface area contributed by atoms with Gasteiger partial charge in [0.1, 0.15) is 5.82 Å². The Labute approximate surface area is 103 Å². The second-order valence-electron chi connectivity index (χ2n) is 4.12. The maximum atomic E-state index is 11.7. The molecule has 3 rings (SSSR count). The summed E-state index contributed by atoms with van der Waals surface area (Å²) in [5.74, 6) is 0.621. The highest BCUT2D eigenvalue weighted by atomic mass is 16.1. The summed E-state index contributed by atoms with van der Waals surface area (Å²) < 4.78 is 0. The van der Waals surface area contributed by atoms with Gasteiger partial charge in [-0.2, -0.15) is 0 Å². The summed E-state index contributed by atoms with van der Waals surface area (Å²) in [6.45, 7) is 1.78. The lowest BCUT2D eigenvalue weighted by Gasteiger charge is -2.03. The van der Waals surface area contributed by atoms with Gasteiger partial charge in [-0.1, -0.05) is 12.1 Å². The zero-order valence-corrected chi connectivity index (χ0v) is 9.84. The molecule has 3 aromatic rings. The molecule has 18 heavy (non-hydrogen) atoms. The Morgan fingerprint density at radius 2 is 2.06 bits per heavy atom. The Morgan fingerprint density at radius 1 is 1.17 bits per heavy atom. The molecule has 0 amide bonds. The maximum Gasteiger partial charge on any atom is 0.258 e. The minimum atomic E-state index is -0.102. The van der Waals surface area contributed by atoms with E-state index in [2.05, 4.69) is 15.0 Å². The van der Waals surface area contributed by atoms with Crippen molar-refractivity contribution in [3.63, 3.8) is 0 Å². The quantitative estimate of drug-likeness (QED) is 0.706. The molecule has 0 unspecified atom stereocenters. The minimum Gasteiger partial charge on any atom is -0.310 e. The van der Waals surface area contributed by atoms with Crippen LogP contribution in [0, 0.1) is 6.92 Å². The number of rotatable bonds is 1. The lowest BCUT2D eigenvalue weighted by atomic mass is 10.1. The summed E-state index contributed by atoms with van der Waals surface area (Å²) in [6.07, 6.45) is 3.53. The Kier molecular flexibility index (Phi) is 2.41. The Morgan fingerprint density at radius 3 is 2.83 bits per heavy atom. The molecule has 2 heterocycles. The number of benzene rings is 1. The minimum absolute atomic E-state index is 0.102. The van der Waals surface area contributed by atoms with Crippen LogP contribution in [0.3, 0.4) is 0 Å². The lowest BCUT2D eigenvalue weighted by molar-refractivity contribution is 1.06. The van der Waals surface area contributed by atoms with Gasteiger partial charge >= 0.3 is 0 Å². The van der Waals surface area contributed by atoms with Gasteiger partial charge in [0.2, 0.25) is 0 Å². The van der Waals surface area contributed by atoms with Gasteiger partial charge in [0.25, 0.3) is 5.56 Å². The average molecular weight is 237 g/mol. The zero-order valence-electron chi connectivity index (χ0n) is 9.84. The topological polar surface area (TPSA) is 58.6 Å². The largest absolute Gasteiger partial charge is 0.310 e. The Bertz CT molecular complexity index is 763. The molecule has 4 heteroatoms. The number of hydrogen-bond acceptors (Lipinski definition) is 3. The second kappa shape index (κ2) is 4.07. The number of hydrogen-bond donors (Lipinski definition) is 1. The van der Waals surface area contributed by atoms with Crippen molar-refractivity contribution in [2.45, 2.75) is 6.92 Å². The van der Waals surface area contributed by atoms with Crippen molar-refractivity contribution in [1.29, 1.82) is 0 Å². The molecule has 88 valence electrons. The van der Waals surface area contributed by atoms with Crippen LogP contribution in [0.2, 0.25) is 0 Å². The third-order valence-corrected chi connectivity index (χ3v) is 2.82. The van der Waals surface area contributed by atoms with Crippen LogP contribution in [-0.2, 0) is 0 Å². The van der Waals surface area contributed by atoms with E-state index < -0.39 is 0 Å². The van der Waals surface area contributed by atoms with Crippen LogP contribution in [0.5, 0.6) is 0 Å². The molecule has 0 spiro atoms. The van der Waals surface area contributed by atoms with E-state index in [0.717, 1.165) is 11.1 Å². The first-order chi connectivity index (χ1) is 8.74. The number of pyridine rings is 1. The van der Waals surface area contributed by atoms with E-state index in [0.29, 0.717) is 16.7 Å². The Hall–Kier alpha value is -2.49. The fourth-order valence-corrected chi connectivity index (χ4v) is 1.97. The molecule has 0 bridgehead atoms. The molecular weight excluding hydrogens is 226 g/mol. The highest BCUT2D eigenvalue weighted by Gasteiger charge is 2.04. The smallest absolute Gasteiger partial charge is 0.258 e. The van der Waals surface area contributed by atoms with Gasteiger partial charge in [-0.25, -0.2) is 4.98 Å². The molecular formula is C14H11N3O. The molecule has 1 aromatic carbocycles. The first-order valence-electron chi connectivity index (χ1n) is 5.65. The summed E-state index contributed by atoms with van der Waals surface area (Å²) in [5.41, 5.74) is 2.63. The molecule has 2 aromatic heterocycles. The van der Waals surface area contributed by atoms with Gasteiger partial charge in [0, 0.05) is 18.0 Å². The van der Waals surface area contributed by atoms with Crippen LogP contribution < -0.4 is 5.56 Å². The first kappa shape index (κ1) is 10.7. The molecule has 1 N–H and O–H groups in total. The molecule has 4 nitrogen and oxygen atoms in total. The van der Waals surface area contributed by atoms with Gasteiger partial charge in [-0.3, -0.25) is 9.78 Å². The fraction of sp³-hybridized carbons (Fsp3) is 0.0714. The standard InChI is InChI=1S/C14H11N3O/c1-9-16-13-7-10(11-3-2-6-15-8-11)4-5-12(13)14(18)17-9/h2-8H,1H3,(H,16,17,18). The second-order valence-corrected chi connectivity index (χ2v) is 4.12. The molecule has 0 saturated carbocycles. The van der Waals surface area contributed by atoms with E-state index in [-0.39, 0.29) is 5.56 Å². The summed E-state index contributed by atoms with van der Waals surface area (Å²) in [7, 11) is 0. The van der Waals surface area contributed by atoms with Crippen molar-refractivity contribution in [2.24, 2.45) is 0 Å². The van der Waals surface area contributed by atoms with Crippen molar-refractivity contribution in [3.05, 3.63) is 58.9 Å². The number of nitrogens with one attached hydrogen (secondary N) is 1. The number of aromatic amines is 1. The monoisotopic (exact) mass is 237 g/mol. The van der Waals surface area contributed by atoms with Gasteiger partial charge in [0.05, 0.1) is 10.9 Å². The van der Waals surface area contributed by atoms with Crippen molar-refractivity contribution < 1.29 is 0 Å². The van der Waals surface area contributed by atoms with Gasteiger partial charge in [-0.15, -0.1) is 0 Å². The van der Waals surface area contributed by atoms with E-state index in [1.165, 1.54) is 0 Å². The number of fused-ring (bicyclic) bond motifs is 1. The molecule has 0 saturated heterocycles. The molecule has 0 atom stereocenters. The van der Waals surface area contributed by atoms with E-state index in [1.807, 2.05) is 24.3 Å². The van der Waals surface area contributed by atoms with Gasteiger partial charge in [0.15, 0.2) is 0 Å². The predicted octanol–water partition coefficient (Wildman–Crippen LogP) is 2.29. The molecule has 0 radical (unpaired) electrons. The predicted molar refractivity (Wildman–Crippen MR) is 70.3 cm³/mol. The number of aromatic nitrogens is 3. The third-order valence-electron chi connectivity index (χ3n) is 2.82. The summed E-state index contributed by atoms with van der Waals surface area (Å²) >= 11 is 0. The molecule has 0 fully saturated rings. The third kappa shape index (κ3) is 1.78. The van der Waals surface area contributed by atoms with E-state index >= 15 is 0 Å². The van der Waals surface area contributed by atoms with Crippen molar-refractivity contribution in [1.82, 2.24) is 15.0 Å². The van der Waals surface area contributed by atoms with Crippen molar-refractivity contribution >= 4 is 10.9 Å². The summed E-state index contributed by atoms with van der Waals surface area (Å²) in [4.78, 5) is 22.9. The van der Waals surface area contributed by atoms with E-state index in [4.69, 9.17) is 0 Å². The summed E-state index contributed by atoms with van der Waals surface area (Å²) in [6, 6.07) is 9.48. The highest BCUT2D eigenvalue weighted by molar-refractivity contribution is 5.83. The zero-order chi connectivity index (χ0) is 12.5. The lowest BCUT2D eigenvalue weighted by Crippen LogP contribution is -2.09. The van der Waals surface area contributed by atoms with Crippen LogP contribution >= 0.6 is 0 Å². The number of H-pyrrole nitrogens is 1. The maximum absolute atomic E-state index is 11.7. The van der Waals surface area contributed by atoms with Gasteiger partial charge in [-0.05, 0) is 30.7 Å². The summed E-state index contributed by atoms with van der Waals surface area (Å²) in [5, 5.41) is 0.605. The van der Waals surface area contributed by atoms with Crippen LogP contribution in [0.4, 0.5) is 0 Å². The average Bonchev–Trinajstić information content (AvgIpc) is 2.39.